The first-order chi connectivity index (χ1) is 8.85. The van der Waals surface area contributed by atoms with Gasteiger partial charge in [-0.2, -0.15) is 0 Å². The zero-order valence-corrected chi connectivity index (χ0v) is 12.8. The molecular formula is C12H22N4O2S. The summed E-state index contributed by atoms with van der Waals surface area (Å²) in [5.41, 5.74) is 0. The summed E-state index contributed by atoms with van der Waals surface area (Å²) in [5.74, 6) is 2.38. The number of rotatable bonds is 7. The largest absolute Gasteiger partial charge is 0.373 e. The maximum Gasteiger partial charge on any atom is 0.149 e. The second-order valence-electron chi connectivity index (χ2n) is 4.58. The molecule has 0 aromatic carbocycles. The molecule has 0 aliphatic carbocycles. The lowest BCUT2D eigenvalue weighted by atomic mass is 10.3. The Labute approximate surface area is 115 Å². The standard InChI is InChI=1S/C12H22N4O2S/c1-5-6-10-14-11(13-2)9-12(15-10)16(3)7-8-19(4,17)18/h9H,5-8H2,1-4H3,(H,13,14,15). The minimum absolute atomic E-state index is 0.117. The van der Waals surface area contributed by atoms with E-state index in [-0.39, 0.29) is 5.75 Å². The van der Waals surface area contributed by atoms with Crippen molar-refractivity contribution in [1.29, 1.82) is 0 Å². The average molecular weight is 286 g/mol. The maximum atomic E-state index is 11.2. The molecule has 0 atom stereocenters. The SMILES string of the molecule is CCCc1nc(NC)cc(N(C)CCS(C)(=O)=O)n1. The molecule has 0 saturated carbocycles. The summed E-state index contributed by atoms with van der Waals surface area (Å²) in [6.45, 7) is 2.49. The van der Waals surface area contributed by atoms with Crippen LogP contribution < -0.4 is 10.2 Å². The first-order valence-corrected chi connectivity index (χ1v) is 8.36. The van der Waals surface area contributed by atoms with E-state index in [1.807, 2.05) is 18.0 Å². The van der Waals surface area contributed by atoms with Crippen molar-refractivity contribution in [3.63, 3.8) is 0 Å². The molecule has 0 aliphatic rings. The van der Waals surface area contributed by atoms with Gasteiger partial charge in [-0.1, -0.05) is 6.92 Å². The van der Waals surface area contributed by atoms with Gasteiger partial charge in [0.2, 0.25) is 0 Å². The van der Waals surface area contributed by atoms with Gasteiger partial charge in [-0.3, -0.25) is 0 Å². The Kier molecular flexibility index (Phi) is 5.53. The predicted molar refractivity (Wildman–Crippen MR) is 78.6 cm³/mol. The molecule has 0 fully saturated rings. The van der Waals surface area contributed by atoms with Crippen LogP contribution in [0.15, 0.2) is 6.07 Å². The van der Waals surface area contributed by atoms with Crippen molar-refractivity contribution in [2.45, 2.75) is 19.8 Å². The van der Waals surface area contributed by atoms with Crippen LogP contribution in [-0.4, -0.2) is 51.0 Å². The van der Waals surface area contributed by atoms with Crippen molar-refractivity contribution in [3.05, 3.63) is 11.9 Å². The molecule has 1 heterocycles. The van der Waals surface area contributed by atoms with Gasteiger partial charge < -0.3 is 10.2 Å². The van der Waals surface area contributed by atoms with E-state index in [2.05, 4.69) is 22.2 Å². The topological polar surface area (TPSA) is 75.2 Å². The van der Waals surface area contributed by atoms with Crippen molar-refractivity contribution in [2.24, 2.45) is 0 Å². The molecule has 0 amide bonds. The van der Waals surface area contributed by atoms with E-state index in [9.17, 15) is 8.42 Å². The van der Waals surface area contributed by atoms with E-state index < -0.39 is 9.84 Å². The maximum absolute atomic E-state index is 11.2. The fourth-order valence-corrected chi connectivity index (χ4v) is 2.16. The normalized spacial score (nSPS) is 11.4. The van der Waals surface area contributed by atoms with Gasteiger partial charge in [0, 0.05) is 39.4 Å². The summed E-state index contributed by atoms with van der Waals surface area (Å²) in [7, 11) is 0.676. The van der Waals surface area contributed by atoms with Crippen LogP contribution in [0.5, 0.6) is 0 Å². The highest BCUT2D eigenvalue weighted by molar-refractivity contribution is 7.90. The van der Waals surface area contributed by atoms with Crippen molar-refractivity contribution in [3.8, 4) is 0 Å². The molecule has 108 valence electrons. The van der Waals surface area contributed by atoms with Gasteiger partial charge in [-0.05, 0) is 6.42 Å². The molecule has 0 aliphatic heterocycles. The smallest absolute Gasteiger partial charge is 0.149 e. The van der Waals surface area contributed by atoms with E-state index >= 15 is 0 Å². The van der Waals surface area contributed by atoms with Gasteiger partial charge >= 0.3 is 0 Å². The highest BCUT2D eigenvalue weighted by Gasteiger charge is 2.10. The summed E-state index contributed by atoms with van der Waals surface area (Å²) < 4.78 is 22.4. The summed E-state index contributed by atoms with van der Waals surface area (Å²) in [6.07, 6.45) is 3.02. The summed E-state index contributed by atoms with van der Waals surface area (Å²) in [5, 5.41) is 3.00. The van der Waals surface area contributed by atoms with E-state index in [1.165, 1.54) is 6.26 Å². The van der Waals surface area contributed by atoms with Gasteiger partial charge in [0.05, 0.1) is 5.75 Å². The number of aryl methyl sites for hydroxylation is 1. The Balaban J connectivity index is 2.88. The van der Waals surface area contributed by atoms with Crippen molar-refractivity contribution < 1.29 is 8.42 Å². The first-order valence-electron chi connectivity index (χ1n) is 6.30. The van der Waals surface area contributed by atoms with Crippen molar-refractivity contribution in [1.82, 2.24) is 9.97 Å². The third-order valence-corrected chi connectivity index (χ3v) is 3.60. The van der Waals surface area contributed by atoms with Crippen molar-refractivity contribution in [2.75, 3.05) is 42.9 Å². The van der Waals surface area contributed by atoms with Crippen LogP contribution in [-0.2, 0) is 16.3 Å². The number of nitrogens with zero attached hydrogens (tertiary/aromatic N) is 3. The fraction of sp³-hybridized carbons (Fsp3) is 0.667. The van der Waals surface area contributed by atoms with E-state index in [4.69, 9.17) is 0 Å². The van der Waals surface area contributed by atoms with Crippen LogP contribution >= 0.6 is 0 Å². The average Bonchev–Trinajstić information content (AvgIpc) is 2.35. The third kappa shape index (κ3) is 5.42. The molecule has 0 saturated heterocycles. The van der Waals surface area contributed by atoms with Gasteiger partial charge in [0.1, 0.15) is 27.3 Å². The monoisotopic (exact) mass is 286 g/mol. The van der Waals surface area contributed by atoms with E-state index in [0.29, 0.717) is 6.54 Å². The Morgan fingerprint density at radius 3 is 2.58 bits per heavy atom. The minimum Gasteiger partial charge on any atom is -0.373 e. The molecule has 1 rings (SSSR count). The molecule has 1 aromatic heterocycles. The lowest BCUT2D eigenvalue weighted by molar-refractivity contribution is 0.601. The lowest BCUT2D eigenvalue weighted by Crippen LogP contribution is -2.26. The highest BCUT2D eigenvalue weighted by Crippen LogP contribution is 2.15. The van der Waals surface area contributed by atoms with Gasteiger partial charge in [-0.15, -0.1) is 0 Å². The van der Waals surface area contributed by atoms with Crippen LogP contribution in [0.4, 0.5) is 11.6 Å². The van der Waals surface area contributed by atoms with Crippen LogP contribution in [0.2, 0.25) is 0 Å². The van der Waals surface area contributed by atoms with Crippen LogP contribution in [0.25, 0.3) is 0 Å². The number of sulfone groups is 1. The fourth-order valence-electron chi connectivity index (χ4n) is 1.56. The molecule has 1 aromatic rings. The minimum atomic E-state index is -2.96. The highest BCUT2D eigenvalue weighted by atomic mass is 32.2. The van der Waals surface area contributed by atoms with Gasteiger partial charge in [0.15, 0.2) is 0 Å². The van der Waals surface area contributed by atoms with Gasteiger partial charge in [0.25, 0.3) is 0 Å². The predicted octanol–water partition coefficient (Wildman–Crippen LogP) is 0.952. The first kappa shape index (κ1) is 15.7. The molecular weight excluding hydrogens is 264 g/mol. The zero-order valence-electron chi connectivity index (χ0n) is 12.0. The van der Waals surface area contributed by atoms with E-state index in [0.717, 1.165) is 30.3 Å². The van der Waals surface area contributed by atoms with Crippen molar-refractivity contribution >= 4 is 21.5 Å². The number of hydrogen-bond donors (Lipinski definition) is 1. The summed E-state index contributed by atoms with van der Waals surface area (Å²) in [4.78, 5) is 10.7. The Bertz CT molecular complexity index is 516. The van der Waals surface area contributed by atoms with Crippen LogP contribution in [0, 0.1) is 0 Å². The number of hydrogen-bond acceptors (Lipinski definition) is 6. The number of aromatic nitrogens is 2. The summed E-state index contributed by atoms with van der Waals surface area (Å²) >= 11 is 0. The third-order valence-electron chi connectivity index (χ3n) is 2.68. The second-order valence-corrected chi connectivity index (χ2v) is 6.84. The molecule has 7 heteroatoms. The molecule has 0 bridgehead atoms. The van der Waals surface area contributed by atoms with Gasteiger partial charge in [-0.25, -0.2) is 18.4 Å². The molecule has 0 spiro atoms. The van der Waals surface area contributed by atoms with Crippen LogP contribution in [0.1, 0.15) is 19.2 Å². The molecule has 0 unspecified atom stereocenters. The summed E-state index contributed by atoms with van der Waals surface area (Å²) in [6, 6.07) is 1.82. The lowest BCUT2D eigenvalue weighted by Gasteiger charge is -2.19. The second kappa shape index (κ2) is 6.70. The molecule has 6 nitrogen and oxygen atoms in total. The van der Waals surface area contributed by atoms with E-state index in [1.54, 1.807) is 7.05 Å². The Morgan fingerprint density at radius 1 is 1.37 bits per heavy atom. The quantitative estimate of drug-likeness (QED) is 0.804. The Hall–Kier alpha value is -1.37. The number of anilines is 2. The molecule has 0 radical (unpaired) electrons. The molecule has 19 heavy (non-hydrogen) atoms. The number of nitrogens with one attached hydrogen (secondary N) is 1. The van der Waals surface area contributed by atoms with Crippen LogP contribution in [0.3, 0.4) is 0 Å². The Morgan fingerprint density at radius 2 is 2.05 bits per heavy atom. The molecule has 1 N–H and O–H groups in total. The zero-order chi connectivity index (χ0) is 14.5.